The second kappa shape index (κ2) is 5.36. The van der Waals surface area contributed by atoms with Gasteiger partial charge in [-0.05, 0) is 31.4 Å². The van der Waals surface area contributed by atoms with Crippen molar-refractivity contribution in [3.05, 3.63) is 24.0 Å². The van der Waals surface area contributed by atoms with Crippen LogP contribution in [-0.4, -0.2) is 26.0 Å². The summed E-state index contributed by atoms with van der Waals surface area (Å²) in [5, 5.41) is -0.354. The van der Waals surface area contributed by atoms with Gasteiger partial charge in [0.1, 0.15) is 27.5 Å². The summed E-state index contributed by atoms with van der Waals surface area (Å²) in [6.45, 7) is 0. The zero-order valence-electron chi connectivity index (χ0n) is 10.8. The van der Waals surface area contributed by atoms with Gasteiger partial charge in [0.25, 0.3) is 0 Å². The van der Waals surface area contributed by atoms with Crippen molar-refractivity contribution >= 4 is 15.5 Å². The molecule has 1 fully saturated rings. The lowest BCUT2D eigenvalue weighted by Gasteiger charge is -2.28. The molecule has 2 rings (SSSR count). The van der Waals surface area contributed by atoms with Crippen molar-refractivity contribution in [2.45, 2.75) is 37.0 Å². The Morgan fingerprint density at radius 2 is 2.11 bits per heavy atom. The van der Waals surface area contributed by atoms with Gasteiger partial charge in [-0.1, -0.05) is 0 Å². The van der Waals surface area contributed by atoms with Gasteiger partial charge >= 0.3 is 0 Å². The van der Waals surface area contributed by atoms with Gasteiger partial charge in [0.05, 0.1) is 10.9 Å². The molecule has 0 bridgehead atoms. The molecule has 1 aromatic carbocycles. The maximum atomic E-state index is 12.9. The third-order valence-corrected chi connectivity index (χ3v) is 5.09. The summed E-state index contributed by atoms with van der Waals surface area (Å²) in [6, 6.07) is 3.96. The predicted molar refractivity (Wildman–Crippen MR) is 72.3 cm³/mol. The molecule has 2 atom stereocenters. The van der Waals surface area contributed by atoms with Gasteiger partial charge < -0.3 is 10.5 Å². The molecule has 1 saturated carbocycles. The molecule has 0 heterocycles. The van der Waals surface area contributed by atoms with Crippen molar-refractivity contribution < 1.29 is 17.5 Å². The quantitative estimate of drug-likeness (QED) is 0.865. The Morgan fingerprint density at radius 1 is 1.37 bits per heavy atom. The summed E-state index contributed by atoms with van der Waals surface area (Å²) >= 11 is 0. The van der Waals surface area contributed by atoms with Crippen LogP contribution in [0.15, 0.2) is 18.2 Å². The minimum absolute atomic E-state index is 0.179. The topological polar surface area (TPSA) is 69.4 Å². The SMILES string of the molecule is CS(=O)(=O)C1CCCC(Oc2ccc(F)cc2N)C1. The Labute approximate surface area is 112 Å². The molecule has 1 aliphatic carbocycles. The first-order valence-corrected chi connectivity index (χ1v) is 8.22. The van der Waals surface area contributed by atoms with Gasteiger partial charge in [0.2, 0.25) is 0 Å². The molecule has 19 heavy (non-hydrogen) atoms. The van der Waals surface area contributed by atoms with Crippen LogP contribution in [-0.2, 0) is 9.84 Å². The van der Waals surface area contributed by atoms with Crippen LogP contribution in [0.1, 0.15) is 25.7 Å². The van der Waals surface area contributed by atoms with Gasteiger partial charge in [-0.15, -0.1) is 0 Å². The second-order valence-electron chi connectivity index (χ2n) is 5.04. The van der Waals surface area contributed by atoms with Crippen molar-refractivity contribution in [3.63, 3.8) is 0 Å². The maximum Gasteiger partial charge on any atom is 0.150 e. The van der Waals surface area contributed by atoms with E-state index in [1.54, 1.807) is 0 Å². The Kier molecular flexibility index (Phi) is 3.99. The molecule has 0 spiro atoms. The Bertz CT molecular complexity index is 559. The zero-order chi connectivity index (χ0) is 14.0. The van der Waals surface area contributed by atoms with E-state index in [2.05, 4.69) is 0 Å². The van der Waals surface area contributed by atoms with Gasteiger partial charge in [0, 0.05) is 18.7 Å². The molecular formula is C13H18FNO3S. The number of hydrogen-bond donors (Lipinski definition) is 1. The highest BCUT2D eigenvalue weighted by molar-refractivity contribution is 7.91. The average Bonchev–Trinajstić information content (AvgIpc) is 2.32. The lowest BCUT2D eigenvalue weighted by molar-refractivity contribution is 0.157. The fourth-order valence-corrected chi connectivity index (χ4v) is 3.56. The van der Waals surface area contributed by atoms with Crippen molar-refractivity contribution in [1.29, 1.82) is 0 Å². The van der Waals surface area contributed by atoms with E-state index in [4.69, 9.17) is 10.5 Å². The van der Waals surface area contributed by atoms with Crippen molar-refractivity contribution in [2.75, 3.05) is 12.0 Å². The Hall–Kier alpha value is -1.30. The third-order valence-electron chi connectivity index (χ3n) is 3.45. The van der Waals surface area contributed by atoms with Crippen LogP contribution in [0.2, 0.25) is 0 Å². The molecule has 1 aromatic rings. The largest absolute Gasteiger partial charge is 0.488 e. The summed E-state index contributed by atoms with van der Waals surface area (Å²) in [7, 11) is -3.04. The number of nitrogens with two attached hydrogens (primary N) is 1. The molecule has 1 aliphatic rings. The number of anilines is 1. The van der Waals surface area contributed by atoms with Crippen molar-refractivity contribution in [1.82, 2.24) is 0 Å². The van der Waals surface area contributed by atoms with Crippen LogP contribution >= 0.6 is 0 Å². The molecule has 2 N–H and O–H groups in total. The fourth-order valence-electron chi connectivity index (χ4n) is 2.40. The summed E-state index contributed by atoms with van der Waals surface area (Å²) < 4.78 is 41.8. The lowest BCUT2D eigenvalue weighted by Crippen LogP contribution is -2.33. The minimum atomic E-state index is -3.04. The summed E-state index contributed by atoms with van der Waals surface area (Å²) in [5.74, 6) is 0.00283. The van der Waals surface area contributed by atoms with E-state index in [1.165, 1.54) is 24.5 Å². The van der Waals surface area contributed by atoms with Crippen LogP contribution in [0, 0.1) is 5.82 Å². The summed E-state index contributed by atoms with van der Waals surface area (Å²) in [6.07, 6.45) is 3.83. The summed E-state index contributed by atoms with van der Waals surface area (Å²) in [5.41, 5.74) is 5.91. The normalized spacial score (nSPS) is 24.1. The number of sulfone groups is 1. The fraction of sp³-hybridized carbons (Fsp3) is 0.538. The smallest absolute Gasteiger partial charge is 0.150 e. The number of halogens is 1. The molecule has 0 aromatic heterocycles. The van der Waals surface area contributed by atoms with E-state index in [0.717, 1.165) is 12.8 Å². The number of benzene rings is 1. The monoisotopic (exact) mass is 287 g/mol. The number of hydrogen-bond acceptors (Lipinski definition) is 4. The first-order valence-electron chi connectivity index (χ1n) is 6.27. The standard InChI is InChI=1S/C13H18FNO3S/c1-19(16,17)11-4-2-3-10(8-11)18-13-6-5-9(14)7-12(13)15/h5-7,10-11H,2-4,8,15H2,1H3. The van der Waals surface area contributed by atoms with E-state index in [-0.39, 0.29) is 17.0 Å². The maximum absolute atomic E-state index is 12.9. The van der Waals surface area contributed by atoms with E-state index in [0.29, 0.717) is 18.6 Å². The molecule has 2 unspecified atom stereocenters. The predicted octanol–water partition coefficient (Wildman–Crippen LogP) is 2.14. The molecule has 0 saturated heterocycles. The Morgan fingerprint density at radius 3 is 2.74 bits per heavy atom. The zero-order valence-corrected chi connectivity index (χ0v) is 11.6. The molecule has 0 amide bonds. The highest BCUT2D eigenvalue weighted by atomic mass is 32.2. The highest BCUT2D eigenvalue weighted by Crippen LogP contribution is 2.30. The molecule has 0 aliphatic heterocycles. The third kappa shape index (κ3) is 3.59. The van der Waals surface area contributed by atoms with Gasteiger partial charge in [-0.3, -0.25) is 0 Å². The number of nitrogen functional groups attached to an aromatic ring is 1. The lowest BCUT2D eigenvalue weighted by atomic mass is 9.97. The second-order valence-corrected chi connectivity index (χ2v) is 7.37. The van der Waals surface area contributed by atoms with E-state index < -0.39 is 15.7 Å². The highest BCUT2D eigenvalue weighted by Gasteiger charge is 2.30. The summed E-state index contributed by atoms with van der Waals surface area (Å²) in [4.78, 5) is 0. The van der Waals surface area contributed by atoms with Crippen molar-refractivity contribution in [3.8, 4) is 5.75 Å². The average molecular weight is 287 g/mol. The van der Waals surface area contributed by atoms with Crippen LogP contribution in [0.3, 0.4) is 0 Å². The van der Waals surface area contributed by atoms with Crippen molar-refractivity contribution in [2.24, 2.45) is 0 Å². The molecule has 6 heteroatoms. The van der Waals surface area contributed by atoms with Gasteiger partial charge in [-0.2, -0.15) is 0 Å². The first kappa shape index (κ1) is 14.1. The van der Waals surface area contributed by atoms with E-state index in [9.17, 15) is 12.8 Å². The minimum Gasteiger partial charge on any atom is -0.488 e. The van der Waals surface area contributed by atoms with Crippen LogP contribution in [0.5, 0.6) is 5.75 Å². The number of rotatable bonds is 3. The van der Waals surface area contributed by atoms with E-state index in [1.807, 2.05) is 0 Å². The molecule has 0 radical (unpaired) electrons. The van der Waals surface area contributed by atoms with Crippen LogP contribution < -0.4 is 10.5 Å². The molecular weight excluding hydrogens is 269 g/mol. The van der Waals surface area contributed by atoms with E-state index >= 15 is 0 Å². The number of ether oxygens (including phenoxy) is 1. The molecule has 4 nitrogen and oxygen atoms in total. The Balaban J connectivity index is 2.07. The van der Waals surface area contributed by atoms with Crippen LogP contribution in [0.25, 0.3) is 0 Å². The van der Waals surface area contributed by atoms with Gasteiger partial charge in [0.15, 0.2) is 0 Å². The molecule has 106 valence electrons. The van der Waals surface area contributed by atoms with Gasteiger partial charge in [-0.25, -0.2) is 12.8 Å². The van der Waals surface area contributed by atoms with Crippen LogP contribution in [0.4, 0.5) is 10.1 Å². The first-order chi connectivity index (χ1) is 8.86.